The molecule has 182 valence electrons. The van der Waals surface area contributed by atoms with Crippen molar-refractivity contribution in [3.05, 3.63) is 28.8 Å². The van der Waals surface area contributed by atoms with E-state index in [1.165, 1.54) is 12.8 Å². The molecular formula is C25H38N4O3S. The molecule has 2 fully saturated rings. The normalized spacial score (nSPS) is 25.7. The maximum Gasteiger partial charge on any atom is 0.253 e. The quantitative estimate of drug-likeness (QED) is 0.661. The second-order valence-electron chi connectivity index (χ2n) is 10.2. The number of amides is 1. The van der Waals surface area contributed by atoms with Crippen LogP contribution in [0.15, 0.2) is 17.1 Å². The highest BCUT2D eigenvalue weighted by atomic mass is 32.2. The number of benzene rings is 1. The van der Waals surface area contributed by atoms with Crippen molar-refractivity contribution in [3.63, 3.8) is 0 Å². The molecule has 1 aliphatic carbocycles. The fourth-order valence-electron chi connectivity index (χ4n) is 5.63. The number of rotatable bonds is 6. The van der Waals surface area contributed by atoms with Gasteiger partial charge in [0.2, 0.25) is 10.0 Å². The van der Waals surface area contributed by atoms with Crippen molar-refractivity contribution in [2.24, 2.45) is 16.8 Å². The molecule has 7 nitrogen and oxygen atoms in total. The van der Waals surface area contributed by atoms with Crippen molar-refractivity contribution < 1.29 is 13.2 Å². The fraction of sp³-hybridized carbons (Fsp3) is 0.680. The lowest BCUT2D eigenvalue weighted by Gasteiger charge is -2.34. The van der Waals surface area contributed by atoms with Crippen LogP contribution in [0.5, 0.6) is 0 Å². The third kappa shape index (κ3) is 4.97. The van der Waals surface area contributed by atoms with Gasteiger partial charge in [-0.25, -0.2) is 12.7 Å². The van der Waals surface area contributed by atoms with Gasteiger partial charge in [0.05, 0.1) is 5.75 Å². The first kappa shape index (κ1) is 24.2. The maximum absolute atomic E-state index is 13.1. The number of nitrogens with zero attached hydrogens (tertiary/aromatic N) is 2. The lowest BCUT2D eigenvalue weighted by molar-refractivity contribution is -0.125. The van der Waals surface area contributed by atoms with Gasteiger partial charge in [0.15, 0.2) is 0 Å². The Morgan fingerprint density at radius 1 is 1.12 bits per heavy atom. The highest BCUT2D eigenvalue weighted by molar-refractivity contribution is 7.89. The summed E-state index contributed by atoms with van der Waals surface area (Å²) in [6.07, 6.45) is 5.91. The van der Waals surface area contributed by atoms with Crippen molar-refractivity contribution in [1.82, 2.24) is 9.62 Å². The average Bonchev–Trinajstić information content (AvgIpc) is 3.09. The number of carbonyl (C=O) groups excluding carboxylic acids is 1. The molecule has 8 heteroatoms. The Labute approximate surface area is 198 Å². The van der Waals surface area contributed by atoms with Gasteiger partial charge in [-0.1, -0.05) is 19.8 Å². The van der Waals surface area contributed by atoms with E-state index in [2.05, 4.69) is 29.7 Å². The van der Waals surface area contributed by atoms with E-state index >= 15 is 0 Å². The lowest BCUT2D eigenvalue weighted by Crippen LogP contribution is -2.51. The summed E-state index contributed by atoms with van der Waals surface area (Å²) in [7, 11) is -1.51. The number of nitrogens with one attached hydrogen (secondary N) is 2. The van der Waals surface area contributed by atoms with Crippen LogP contribution < -0.4 is 10.6 Å². The minimum Gasteiger partial charge on any atom is -0.388 e. The van der Waals surface area contributed by atoms with Gasteiger partial charge in [0.25, 0.3) is 5.91 Å². The number of sulfonamides is 1. The Morgan fingerprint density at radius 3 is 2.30 bits per heavy atom. The van der Waals surface area contributed by atoms with Gasteiger partial charge in [-0.05, 0) is 80.7 Å². The summed E-state index contributed by atoms with van der Waals surface area (Å²) >= 11 is 0. The number of hydrogen-bond donors (Lipinski definition) is 2. The van der Waals surface area contributed by atoms with Crippen molar-refractivity contribution in [3.8, 4) is 0 Å². The van der Waals surface area contributed by atoms with Crippen LogP contribution in [0.25, 0.3) is 0 Å². The predicted octanol–water partition coefficient (Wildman–Crippen LogP) is 3.41. The Balaban J connectivity index is 1.38. The Hall–Kier alpha value is -1.93. The molecule has 1 aromatic rings. The molecule has 4 rings (SSSR count). The van der Waals surface area contributed by atoms with E-state index in [0.717, 1.165) is 47.0 Å². The zero-order valence-electron chi connectivity index (χ0n) is 20.4. The van der Waals surface area contributed by atoms with Crippen LogP contribution in [-0.2, 0) is 21.2 Å². The number of piperidine rings is 1. The lowest BCUT2D eigenvalue weighted by atomic mass is 9.82. The fourth-order valence-corrected chi connectivity index (χ4v) is 7.09. The highest BCUT2D eigenvalue weighted by Gasteiger charge is 2.48. The van der Waals surface area contributed by atoms with E-state index in [-0.39, 0.29) is 11.7 Å². The minimum absolute atomic E-state index is 0.0379. The SMILES string of the molecule is CNc1cc(C)c(CCS(=O)(=O)N2CCC3(CC2)N=C([C@H]2CC[C@H](C)CC2)NC3=O)c(C)c1. The zero-order chi connectivity index (χ0) is 23.8. The smallest absolute Gasteiger partial charge is 0.253 e. The van der Waals surface area contributed by atoms with Crippen LogP contribution >= 0.6 is 0 Å². The van der Waals surface area contributed by atoms with Gasteiger partial charge in [-0.3, -0.25) is 9.79 Å². The van der Waals surface area contributed by atoms with Gasteiger partial charge in [0, 0.05) is 31.7 Å². The molecule has 2 N–H and O–H groups in total. The van der Waals surface area contributed by atoms with Gasteiger partial charge in [-0.15, -0.1) is 0 Å². The maximum atomic E-state index is 13.1. The molecule has 0 radical (unpaired) electrons. The van der Waals surface area contributed by atoms with E-state index in [4.69, 9.17) is 4.99 Å². The molecule has 0 bridgehead atoms. The Kier molecular flexibility index (Phi) is 6.87. The highest BCUT2D eigenvalue weighted by Crippen LogP contribution is 2.36. The molecule has 3 aliphatic rings. The minimum atomic E-state index is -3.40. The molecule has 1 saturated heterocycles. The number of anilines is 1. The Bertz CT molecular complexity index is 1010. The van der Waals surface area contributed by atoms with E-state index in [1.54, 1.807) is 4.31 Å². The molecule has 33 heavy (non-hydrogen) atoms. The summed E-state index contributed by atoms with van der Waals surface area (Å²) < 4.78 is 27.8. The van der Waals surface area contributed by atoms with E-state index in [1.807, 2.05) is 20.9 Å². The summed E-state index contributed by atoms with van der Waals surface area (Å²) in [4.78, 5) is 17.8. The van der Waals surface area contributed by atoms with Crippen LogP contribution in [0, 0.1) is 25.7 Å². The first-order valence-electron chi connectivity index (χ1n) is 12.3. The van der Waals surface area contributed by atoms with Gasteiger partial charge >= 0.3 is 0 Å². The summed E-state index contributed by atoms with van der Waals surface area (Å²) in [6, 6.07) is 4.11. The molecule has 1 aromatic carbocycles. The van der Waals surface area contributed by atoms with Crippen molar-refractivity contribution in [2.75, 3.05) is 31.2 Å². The molecule has 0 atom stereocenters. The van der Waals surface area contributed by atoms with Crippen LogP contribution in [0.3, 0.4) is 0 Å². The van der Waals surface area contributed by atoms with Gasteiger partial charge in [0.1, 0.15) is 11.4 Å². The van der Waals surface area contributed by atoms with Crippen molar-refractivity contribution >= 4 is 27.5 Å². The number of hydrogen-bond acceptors (Lipinski definition) is 5. The molecule has 2 aliphatic heterocycles. The Morgan fingerprint density at radius 2 is 1.73 bits per heavy atom. The third-order valence-electron chi connectivity index (χ3n) is 7.94. The summed E-state index contributed by atoms with van der Waals surface area (Å²) in [5, 5.41) is 6.20. The van der Waals surface area contributed by atoms with Crippen LogP contribution in [0.2, 0.25) is 0 Å². The van der Waals surface area contributed by atoms with Gasteiger partial charge < -0.3 is 10.6 Å². The number of aliphatic imine (C=N–C) groups is 1. The standard InChI is InChI=1S/C25H38N4O3S/c1-17-5-7-20(8-6-17)23-27-24(30)25(28-23)10-12-29(13-11-25)33(31,32)14-9-22-18(2)15-21(26-4)16-19(22)3/h15-17,20,26H,5-14H2,1-4H3,(H,27,28,30)/t17-,20-. The topological polar surface area (TPSA) is 90.9 Å². The molecule has 1 amide bonds. The van der Waals surface area contributed by atoms with E-state index in [9.17, 15) is 13.2 Å². The molecule has 1 saturated carbocycles. The van der Waals surface area contributed by atoms with Crippen molar-refractivity contribution in [2.45, 2.75) is 71.3 Å². The predicted molar refractivity (Wildman–Crippen MR) is 133 cm³/mol. The third-order valence-corrected chi connectivity index (χ3v) is 9.81. The largest absolute Gasteiger partial charge is 0.388 e. The van der Waals surface area contributed by atoms with Crippen molar-refractivity contribution in [1.29, 1.82) is 0 Å². The van der Waals surface area contributed by atoms with Crippen LogP contribution in [0.1, 0.15) is 62.1 Å². The molecular weight excluding hydrogens is 436 g/mol. The second kappa shape index (κ2) is 9.37. The second-order valence-corrected chi connectivity index (χ2v) is 12.3. The summed E-state index contributed by atoms with van der Waals surface area (Å²) in [5.41, 5.74) is 3.57. The zero-order valence-corrected chi connectivity index (χ0v) is 21.2. The summed E-state index contributed by atoms with van der Waals surface area (Å²) in [5.74, 6) is 1.98. The molecule has 0 unspecified atom stereocenters. The number of carbonyl (C=O) groups is 1. The molecule has 1 spiro atoms. The molecule has 0 aromatic heterocycles. The molecule has 2 heterocycles. The monoisotopic (exact) mass is 474 g/mol. The average molecular weight is 475 g/mol. The van der Waals surface area contributed by atoms with E-state index in [0.29, 0.717) is 38.3 Å². The van der Waals surface area contributed by atoms with E-state index < -0.39 is 15.6 Å². The van der Waals surface area contributed by atoms with Gasteiger partial charge in [-0.2, -0.15) is 0 Å². The summed E-state index contributed by atoms with van der Waals surface area (Å²) in [6.45, 7) is 7.04. The van der Waals surface area contributed by atoms with Crippen LogP contribution in [0.4, 0.5) is 5.69 Å². The number of amidine groups is 1. The number of aryl methyl sites for hydroxylation is 2. The first-order chi connectivity index (χ1) is 15.6. The van der Waals surface area contributed by atoms with Crippen LogP contribution in [-0.4, -0.2) is 55.9 Å². The first-order valence-corrected chi connectivity index (χ1v) is 13.9.